The Morgan fingerprint density at radius 3 is 2.52 bits per heavy atom. The second-order valence-corrected chi connectivity index (χ2v) is 10.2. The number of hydrogen-bond acceptors (Lipinski definition) is 6. The lowest BCUT2D eigenvalue weighted by molar-refractivity contribution is -0.113. The lowest BCUT2D eigenvalue weighted by Gasteiger charge is -2.29. The first-order chi connectivity index (χ1) is 19.2. The van der Waals surface area contributed by atoms with Crippen LogP contribution in [-0.2, 0) is 11.4 Å². The molecule has 8 nitrogen and oxygen atoms in total. The van der Waals surface area contributed by atoms with Crippen LogP contribution in [0.25, 0.3) is 0 Å². The molecule has 0 saturated heterocycles. The normalized spacial score (nSPS) is 14.4. The monoisotopic (exact) mass is 537 g/mol. The lowest BCUT2D eigenvalue weighted by atomic mass is 9.94. The first-order valence-electron chi connectivity index (χ1n) is 13.5. The van der Waals surface area contributed by atoms with Crippen LogP contribution in [0.3, 0.4) is 0 Å². The van der Waals surface area contributed by atoms with Crippen molar-refractivity contribution in [1.29, 1.82) is 0 Å². The van der Waals surface area contributed by atoms with Crippen molar-refractivity contribution >= 4 is 17.5 Å². The maximum atomic E-state index is 13.7. The van der Waals surface area contributed by atoms with Crippen molar-refractivity contribution in [3.05, 3.63) is 106 Å². The zero-order valence-corrected chi connectivity index (χ0v) is 23.8. The summed E-state index contributed by atoms with van der Waals surface area (Å²) in [6.45, 7) is 13.0. The molecule has 1 aliphatic heterocycles. The van der Waals surface area contributed by atoms with Gasteiger partial charge in [0.15, 0.2) is 11.5 Å². The van der Waals surface area contributed by atoms with Crippen LogP contribution < -0.4 is 20.1 Å². The Hall–Kier alpha value is -4.59. The van der Waals surface area contributed by atoms with E-state index < -0.39 is 6.04 Å². The summed E-state index contributed by atoms with van der Waals surface area (Å²) < 4.78 is 14.0. The summed E-state index contributed by atoms with van der Waals surface area (Å²) in [4.78, 5) is 18.1. The van der Waals surface area contributed by atoms with E-state index in [9.17, 15) is 4.79 Å². The summed E-state index contributed by atoms with van der Waals surface area (Å²) in [5.74, 6) is 1.60. The second kappa shape index (κ2) is 11.3. The van der Waals surface area contributed by atoms with Gasteiger partial charge in [-0.3, -0.25) is 4.79 Å². The molecule has 0 fully saturated rings. The molecule has 1 unspecified atom stereocenters. The van der Waals surface area contributed by atoms with E-state index in [4.69, 9.17) is 9.47 Å². The van der Waals surface area contributed by atoms with Crippen molar-refractivity contribution in [2.45, 2.75) is 54.2 Å². The summed E-state index contributed by atoms with van der Waals surface area (Å²) >= 11 is 0. The predicted molar refractivity (Wildman–Crippen MR) is 157 cm³/mol. The number of anilines is 2. The third-order valence-corrected chi connectivity index (χ3v) is 7.23. The highest BCUT2D eigenvalue weighted by Crippen LogP contribution is 2.39. The van der Waals surface area contributed by atoms with E-state index in [1.807, 2.05) is 63.2 Å². The van der Waals surface area contributed by atoms with E-state index in [0.29, 0.717) is 41.9 Å². The van der Waals surface area contributed by atoms with Gasteiger partial charge in [-0.05, 0) is 99.2 Å². The second-order valence-electron chi connectivity index (χ2n) is 10.2. The predicted octanol–water partition coefficient (Wildman–Crippen LogP) is 6.42. The van der Waals surface area contributed by atoms with Crippen LogP contribution in [0.15, 0.2) is 72.2 Å². The van der Waals surface area contributed by atoms with Crippen LogP contribution in [0.1, 0.15) is 53.3 Å². The van der Waals surface area contributed by atoms with Gasteiger partial charge in [0.05, 0.1) is 12.2 Å². The molecule has 0 spiro atoms. The number of aromatic nitrogens is 3. The molecule has 0 radical (unpaired) electrons. The maximum Gasteiger partial charge on any atom is 0.255 e. The minimum atomic E-state index is -0.515. The molecular weight excluding hydrogens is 502 g/mol. The number of fused-ring (bicyclic) bond motifs is 1. The number of carbonyl (C=O) groups is 1. The van der Waals surface area contributed by atoms with E-state index in [2.05, 4.69) is 53.6 Å². The number of rotatable bonds is 8. The van der Waals surface area contributed by atoms with Crippen molar-refractivity contribution in [3.8, 4) is 11.5 Å². The van der Waals surface area contributed by atoms with E-state index in [1.165, 1.54) is 23.0 Å². The summed E-state index contributed by atoms with van der Waals surface area (Å²) in [5.41, 5.74) is 8.70. The Bertz CT molecular complexity index is 1600. The summed E-state index contributed by atoms with van der Waals surface area (Å²) in [6, 6.07) is 17.4. The molecule has 0 aliphatic carbocycles. The molecule has 1 amide bonds. The van der Waals surface area contributed by atoms with Crippen LogP contribution in [0.5, 0.6) is 11.5 Å². The first kappa shape index (κ1) is 27.0. The lowest BCUT2D eigenvalue weighted by Crippen LogP contribution is -2.31. The highest BCUT2D eigenvalue weighted by molar-refractivity contribution is 6.06. The number of allylic oxidation sites excluding steroid dienone is 1. The van der Waals surface area contributed by atoms with Gasteiger partial charge in [0.25, 0.3) is 5.91 Å². The first-order valence-corrected chi connectivity index (χ1v) is 13.5. The minimum absolute atomic E-state index is 0.217. The van der Waals surface area contributed by atoms with Gasteiger partial charge in [0.1, 0.15) is 19.0 Å². The SMILES string of the molecule is CCOc1cc(C2C(C(=O)Nc3cccc(C)c3)=C(C)Nc3ncnn32)ccc1OCc1cc(C)c(C)cc1C. The molecule has 1 atom stereocenters. The zero-order chi connectivity index (χ0) is 28.4. The average Bonchev–Trinajstić information content (AvgIpc) is 3.38. The molecule has 8 heteroatoms. The van der Waals surface area contributed by atoms with Gasteiger partial charge in [-0.25, -0.2) is 4.68 Å². The standard InChI is InChI=1S/C32H35N5O3/c1-7-39-28-16-24(11-12-27(28)40-17-25-15-21(4)20(3)14-22(25)5)30-29(23(6)35-32-33-18-34-37(30)32)31(38)36-26-10-8-9-19(2)13-26/h8-16,18,30H,7,17H2,1-6H3,(H,36,38)(H,33,34,35). The van der Waals surface area contributed by atoms with Crippen molar-refractivity contribution in [2.24, 2.45) is 0 Å². The third kappa shape index (κ3) is 5.43. The van der Waals surface area contributed by atoms with Gasteiger partial charge in [-0.15, -0.1) is 0 Å². The van der Waals surface area contributed by atoms with Gasteiger partial charge >= 0.3 is 0 Å². The number of ether oxygens (including phenoxy) is 2. The van der Waals surface area contributed by atoms with E-state index in [1.54, 1.807) is 4.68 Å². The molecule has 1 aliphatic rings. The van der Waals surface area contributed by atoms with Gasteiger partial charge < -0.3 is 20.1 Å². The van der Waals surface area contributed by atoms with Crippen molar-refractivity contribution in [3.63, 3.8) is 0 Å². The molecule has 3 aromatic carbocycles. The van der Waals surface area contributed by atoms with Gasteiger partial charge in [-0.1, -0.05) is 30.3 Å². The molecule has 5 rings (SSSR count). The van der Waals surface area contributed by atoms with E-state index in [-0.39, 0.29) is 5.91 Å². The fourth-order valence-corrected chi connectivity index (χ4v) is 5.03. The van der Waals surface area contributed by atoms with Gasteiger partial charge in [0.2, 0.25) is 5.95 Å². The van der Waals surface area contributed by atoms with Crippen molar-refractivity contribution < 1.29 is 14.3 Å². The van der Waals surface area contributed by atoms with Crippen molar-refractivity contribution in [1.82, 2.24) is 14.8 Å². The smallest absolute Gasteiger partial charge is 0.255 e. The van der Waals surface area contributed by atoms with Crippen molar-refractivity contribution in [2.75, 3.05) is 17.2 Å². The van der Waals surface area contributed by atoms with Gasteiger partial charge in [0, 0.05) is 11.4 Å². The topological polar surface area (TPSA) is 90.3 Å². The Balaban J connectivity index is 1.49. The Labute approximate surface area is 235 Å². The molecule has 40 heavy (non-hydrogen) atoms. The number of hydrogen-bond donors (Lipinski definition) is 2. The largest absolute Gasteiger partial charge is 0.490 e. The Kier molecular flexibility index (Phi) is 7.60. The van der Waals surface area contributed by atoms with Crippen LogP contribution in [0.4, 0.5) is 11.6 Å². The van der Waals surface area contributed by atoms with E-state index in [0.717, 1.165) is 22.4 Å². The summed E-state index contributed by atoms with van der Waals surface area (Å²) in [6.07, 6.45) is 1.48. The Morgan fingerprint density at radius 2 is 1.75 bits per heavy atom. The zero-order valence-electron chi connectivity index (χ0n) is 23.8. The average molecular weight is 538 g/mol. The van der Waals surface area contributed by atoms with Crippen LogP contribution in [0.2, 0.25) is 0 Å². The highest BCUT2D eigenvalue weighted by Gasteiger charge is 2.34. The minimum Gasteiger partial charge on any atom is -0.490 e. The fourth-order valence-electron chi connectivity index (χ4n) is 5.03. The maximum absolute atomic E-state index is 13.7. The van der Waals surface area contributed by atoms with Crippen LogP contribution >= 0.6 is 0 Å². The molecule has 206 valence electrons. The summed E-state index contributed by atoms with van der Waals surface area (Å²) in [7, 11) is 0. The molecule has 2 N–H and O–H groups in total. The molecular formula is C32H35N5O3. The summed E-state index contributed by atoms with van der Waals surface area (Å²) in [5, 5.41) is 10.7. The fraction of sp³-hybridized carbons (Fsp3) is 0.281. The van der Waals surface area contributed by atoms with Gasteiger partial charge in [-0.2, -0.15) is 10.1 Å². The highest BCUT2D eigenvalue weighted by atomic mass is 16.5. The quantitative estimate of drug-likeness (QED) is 0.270. The number of amides is 1. The molecule has 2 heterocycles. The van der Waals surface area contributed by atoms with Crippen LogP contribution in [0, 0.1) is 27.7 Å². The third-order valence-electron chi connectivity index (χ3n) is 7.23. The Morgan fingerprint density at radius 1 is 0.950 bits per heavy atom. The number of nitrogens with zero attached hydrogens (tertiary/aromatic N) is 3. The number of carbonyl (C=O) groups excluding carboxylic acids is 1. The molecule has 1 aromatic heterocycles. The van der Waals surface area contributed by atoms with Crippen LogP contribution in [-0.4, -0.2) is 27.3 Å². The molecule has 0 bridgehead atoms. The number of benzene rings is 3. The van der Waals surface area contributed by atoms with E-state index >= 15 is 0 Å². The number of nitrogens with one attached hydrogen (secondary N) is 2. The molecule has 4 aromatic rings. The molecule has 0 saturated carbocycles. The number of aryl methyl sites for hydroxylation is 4.